The monoisotopic (exact) mass is 431 g/mol. The van der Waals surface area contributed by atoms with Gasteiger partial charge < -0.3 is 15.1 Å². The number of urea groups is 1. The second-order valence-corrected chi connectivity index (χ2v) is 8.44. The second kappa shape index (κ2) is 8.65. The highest BCUT2D eigenvalue weighted by molar-refractivity contribution is 5.76. The van der Waals surface area contributed by atoms with Gasteiger partial charge in [-0.3, -0.25) is 0 Å². The lowest BCUT2D eigenvalue weighted by Gasteiger charge is -2.38. The number of hydrogen-bond acceptors (Lipinski definition) is 2. The normalized spacial score (nSPS) is 15.0. The van der Waals surface area contributed by atoms with Crippen molar-refractivity contribution in [1.29, 1.82) is 0 Å². The zero-order chi connectivity index (χ0) is 22.8. The van der Waals surface area contributed by atoms with Crippen LogP contribution in [0.3, 0.4) is 0 Å². The molecule has 7 heteroatoms. The SMILES string of the molecule is C=C(C)c1cccc(C(C)(C)NC(=O)N2CCN(c3cccc(C(F)(F)F)c3)CC2)c1. The molecule has 0 saturated carbocycles. The lowest BCUT2D eigenvalue weighted by molar-refractivity contribution is -0.137. The standard InChI is InChI=1S/C24H28F3N3O/c1-17(2)18-7-5-8-19(15-18)23(3,4)28-22(31)30-13-11-29(12-14-30)21-10-6-9-20(16-21)24(25,26)27/h5-10,15-16H,1,11-14H2,2-4H3,(H,28,31). The smallest absolute Gasteiger partial charge is 0.368 e. The zero-order valence-corrected chi connectivity index (χ0v) is 18.1. The number of carbonyl (C=O) groups excluding carboxylic acids is 1. The van der Waals surface area contributed by atoms with Gasteiger partial charge in [-0.15, -0.1) is 0 Å². The highest BCUT2D eigenvalue weighted by Crippen LogP contribution is 2.32. The molecule has 0 aromatic heterocycles. The van der Waals surface area contributed by atoms with E-state index in [0.717, 1.165) is 28.8 Å². The Balaban J connectivity index is 1.63. The molecule has 2 amide bonds. The van der Waals surface area contributed by atoms with Crippen molar-refractivity contribution in [3.8, 4) is 0 Å². The molecule has 2 aromatic carbocycles. The Kier molecular flexibility index (Phi) is 6.34. The van der Waals surface area contributed by atoms with E-state index in [0.29, 0.717) is 31.9 Å². The van der Waals surface area contributed by atoms with Crippen LogP contribution >= 0.6 is 0 Å². The third-order valence-corrected chi connectivity index (χ3v) is 5.60. The molecule has 3 rings (SSSR count). The number of anilines is 1. The third-order valence-electron chi connectivity index (χ3n) is 5.60. The molecule has 1 aliphatic rings. The van der Waals surface area contributed by atoms with Crippen molar-refractivity contribution >= 4 is 17.3 Å². The van der Waals surface area contributed by atoms with Crippen molar-refractivity contribution in [2.45, 2.75) is 32.5 Å². The van der Waals surface area contributed by atoms with Crippen LogP contribution in [0.5, 0.6) is 0 Å². The molecule has 0 unspecified atom stereocenters. The van der Waals surface area contributed by atoms with Crippen LogP contribution in [0.15, 0.2) is 55.1 Å². The van der Waals surface area contributed by atoms with E-state index in [9.17, 15) is 18.0 Å². The Morgan fingerprint density at radius 3 is 2.19 bits per heavy atom. The molecule has 1 heterocycles. The summed E-state index contributed by atoms with van der Waals surface area (Å²) in [6, 6.07) is 13.0. The van der Waals surface area contributed by atoms with Crippen LogP contribution in [-0.4, -0.2) is 37.1 Å². The van der Waals surface area contributed by atoms with Gasteiger partial charge in [0, 0.05) is 31.9 Å². The lowest BCUT2D eigenvalue weighted by Crippen LogP contribution is -2.55. The maximum atomic E-state index is 13.0. The van der Waals surface area contributed by atoms with Crippen molar-refractivity contribution < 1.29 is 18.0 Å². The van der Waals surface area contributed by atoms with Gasteiger partial charge >= 0.3 is 12.2 Å². The maximum Gasteiger partial charge on any atom is 0.416 e. The molecule has 0 aliphatic carbocycles. The molecule has 1 fully saturated rings. The van der Waals surface area contributed by atoms with Crippen LogP contribution in [0.2, 0.25) is 0 Å². The minimum Gasteiger partial charge on any atom is -0.368 e. The number of alkyl halides is 3. The van der Waals surface area contributed by atoms with Gasteiger partial charge in [0.25, 0.3) is 0 Å². The number of hydrogen-bond donors (Lipinski definition) is 1. The first-order chi connectivity index (χ1) is 14.5. The van der Waals surface area contributed by atoms with Gasteiger partial charge in [-0.05, 0) is 56.2 Å². The number of allylic oxidation sites excluding steroid dienone is 1. The number of rotatable bonds is 4. The fourth-order valence-electron chi connectivity index (χ4n) is 3.64. The molecule has 1 N–H and O–H groups in total. The summed E-state index contributed by atoms with van der Waals surface area (Å²) in [5.74, 6) is 0. The van der Waals surface area contributed by atoms with Crippen molar-refractivity contribution in [2.24, 2.45) is 0 Å². The molecule has 166 valence electrons. The van der Waals surface area contributed by atoms with E-state index in [1.54, 1.807) is 11.0 Å². The van der Waals surface area contributed by atoms with E-state index >= 15 is 0 Å². The van der Waals surface area contributed by atoms with Gasteiger partial charge in [-0.1, -0.05) is 36.4 Å². The van der Waals surface area contributed by atoms with E-state index in [2.05, 4.69) is 11.9 Å². The first-order valence-corrected chi connectivity index (χ1v) is 10.2. The number of nitrogens with zero attached hydrogens (tertiary/aromatic N) is 2. The van der Waals surface area contributed by atoms with Crippen LogP contribution in [0.1, 0.15) is 37.5 Å². The molecular formula is C24H28F3N3O. The van der Waals surface area contributed by atoms with Gasteiger partial charge in [-0.25, -0.2) is 4.79 Å². The Morgan fingerprint density at radius 2 is 1.58 bits per heavy atom. The minimum atomic E-state index is -4.37. The fraction of sp³-hybridized carbons (Fsp3) is 0.375. The Hall–Kier alpha value is -2.96. The van der Waals surface area contributed by atoms with Crippen molar-refractivity contribution in [3.05, 3.63) is 71.8 Å². The van der Waals surface area contributed by atoms with Gasteiger partial charge in [-0.2, -0.15) is 13.2 Å². The van der Waals surface area contributed by atoms with Crippen LogP contribution in [-0.2, 0) is 11.7 Å². The number of carbonyl (C=O) groups is 1. The van der Waals surface area contributed by atoms with E-state index < -0.39 is 17.3 Å². The fourth-order valence-corrected chi connectivity index (χ4v) is 3.64. The van der Waals surface area contributed by atoms with Gasteiger partial charge in [0.2, 0.25) is 0 Å². The number of nitrogens with one attached hydrogen (secondary N) is 1. The van der Waals surface area contributed by atoms with Crippen LogP contribution in [0, 0.1) is 0 Å². The zero-order valence-electron chi connectivity index (χ0n) is 18.1. The second-order valence-electron chi connectivity index (χ2n) is 8.44. The first kappa shape index (κ1) is 22.7. The lowest BCUT2D eigenvalue weighted by atomic mass is 9.92. The quantitative estimate of drug-likeness (QED) is 0.693. The van der Waals surface area contributed by atoms with E-state index in [1.165, 1.54) is 6.07 Å². The summed E-state index contributed by atoms with van der Waals surface area (Å²) < 4.78 is 39.0. The average molecular weight is 432 g/mol. The molecule has 0 radical (unpaired) electrons. The minimum absolute atomic E-state index is 0.186. The van der Waals surface area contributed by atoms with Gasteiger partial charge in [0.15, 0.2) is 0 Å². The predicted octanol–water partition coefficient (Wildman–Crippen LogP) is 5.51. The highest BCUT2D eigenvalue weighted by Gasteiger charge is 2.32. The predicted molar refractivity (Wildman–Crippen MR) is 118 cm³/mol. The van der Waals surface area contributed by atoms with E-state index in [1.807, 2.05) is 49.9 Å². The summed E-state index contributed by atoms with van der Waals surface area (Å²) in [6.45, 7) is 11.6. The van der Waals surface area contributed by atoms with Gasteiger partial charge in [0.05, 0.1) is 11.1 Å². The summed E-state index contributed by atoms with van der Waals surface area (Å²) >= 11 is 0. The summed E-state index contributed by atoms with van der Waals surface area (Å²) in [4.78, 5) is 16.4. The third kappa shape index (κ3) is 5.40. The molecule has 0 atom stereocenters. The van der Waals surface area contributed by atoms with Crippen LogP contribution in [0.25, 0.3) is 5.57 Å². The molecular weight excluding hydrogens is 403 g/mol. The number of benzene rings is 2. The average Bonchev–Trinajstić information content (AvgIpc) is 2.73. The van der Waals surface area contributed by atoms with E-state index in [-0.39, 0.29) is 6.03 Å². The van der Waals surface area contributed by atoms with Gasteiger partial charge in [0.1, 0.15) is 0 Å². The van der Waals surface area contributed by atoms with Crippen LogP contribution in [0.4, 0.5) is 23.7 Å². The summed E-state index contributed by atoms with van der Waals surface area (Å²) in [5, 5.41) is 3.08. The molecule has 0 bridgehead atoms. The molecule has 1 saturated heterocycles. The number of halogens is 3. The Labute approximate surface area is 181 Å². The molecule has 31 heavy (non-hydrogen) atoms. The summed E-state index contributed by atoms with van der Waals surface area (Å²) in [7, 11) is 0. The first-order valence-electron chi connectivity index (χ1n) is 10.2. The molecule has 4 nitrogen and oxygen atoms in total. The van der Waals surface area contributed by atoms with Crippen LogP contribution < -0.4 is 10.2 Å². The molecule has 2 aromatic rings. The maximum absolute atomic E-state index is 13.0. The number of piperazine rings is 1. The highest BCUT2D eigenvalue weighted by atomic mass is 19.4. The van der Waals surface area contributed by atoms with E-state index in [4.69, 9.17) is 0 Å². The molecule has 1 aliphatic heterocycles. The molecule has 0 spiro atoms. The summed E-state index contributed by atoms with van der Waals surface area (Å²) in [6.07, 6.45) is -4.37. The number of amides is 2. The van der Waals surface area contributed by atoms with Crippen molar-refractivity contribution in [1.82, 2.24) is 10.2 Å². The Morgan fingerprint density at radius 1 is 0.968 bits per heavy atom. The topological polar surface area (TPSA) is 35.6 Å². The van der Waals surface area contributed by atoms with Crippen molar-refractivity contribution in [2.75, 3.05) is 31.1 Å². The van der Waals surface area contributed by atoms with Crippen molar-refractivity contribution in [3.63, 3.8) is 0 Å². The largest absolute Gasteiger partial charge is 0.416 e. The summed E-state index contributed by atoms with van der Waals surface area (Å²) in [5.41, 5.74) is 2.23. The Bertz CT molecular complexity index is 961.